The molecule has 1 aromatic heterocycles. The Balaban J connectivity index is 2.00. The summed E-state index contributed by atoms with van der Waals surface area (Å²) in [6, 6.07) is 0. The number of aromatic nitrogens is 3. The normalized spacial score (nSPS) is 17.4. The Morgan fingerprint density at radius 2 is 1.80 bits per heavy atom. The first kappa shape index (κ1) is 15.0. The third-order valence-electron chi connectivity index (χ3n) is 3.18. The lowest BCUT2D eigenvalue weighted by atomic mass is 9.89. The number of halogens is 3. The van der Waals surface area contributed by atoms with E-state index in [1.165, 1.54) is 6.42 Å². The lowest BCUT2D eigenvalue weighted by Crippen LogP contribution is -2.18. The van der Waals surface area contributed by atoms with Crippen molar-refractivity contribution in [2.75, 3.05) is 12.3 Å². The number of alkyl halides is 3. The third-order valence-corrected chi connectivity index (χ3v) is 3.18. The predicted octanol–water partition coefficient (Wildman–Crippen LogP) is 2.58. The van der Waals surface area contributed by atoms with Gasteiger partial charge in [-0.2, -0.15) is 23.1 Å². The van der Waals surface area contributed by atoms with E-state index in [1.807, 2.05) is 0 Å². The Morgan fingerprint density at radius 3 is 2.45 bits per heavy atom. The molecule has 0 spiro atoms. The first-order valence-electron chi connectivity index (χ1n) is 6.59. The first-order chi connectivity index (χ1) is 9.44. The van der Waals surface area contributed by atoms with E-state index >= 15 is 0 Å². The third kappa shape index (κ3) is 4.59. The minimum absolute atomic E-state index is 0.0335. The molecule has 0 aliphatic heterocycles. The highest BCUT2D eigenvalue weighted by atomic mass is 19.4. The van der Waals surface area contributed by atoms with Crippen molar-refractivity contribution in [1.82, 2.24) is 15.0 Å². The summed E-state index contributed by atoms with van der Waals surface area (Å²) in [6.07, 6.45) is 1.01. The number of hydrogen-bond donors (Lipinski definition) is 1. The molecule has 1 heterocycles. The van der Waals surface area contributed by atoms with Crippen molar-refractivity contribution in [3.63, 3.8) is 0 Å². The van der Waals surface area contributed by atoms with Crippen molar-refractivity contribution in [3.05, 3.63) is 11.6 Å². The maximum atomic E-state index is 12.0. The summed E-state index contributed by atoms with van der Waals surface area (Å²) < 4.78 is 40.6. The molecule has 1 aromatic rings. The second-order valence-electron chi connectivity index (χ2n) is 4.91. The van der Waals surface area contributed by atoms with Crippen LogP contribution in [0.5, 0.6) is 0 Å². The standard InChI is InChI=1S/C12H17F3N4O/c13-12(14,15)7-20-6-9-17-10(19-11(16)18-9)8-4-2-1-3-5-8/h8H,1-7H2,(H2,16,17,18,19). The molecule has 20 heavy (non-hydrogen) atoms. The average molecular weight is 290 g/mol. The lowest BCUT2D eigenvalue weighted by Gasteiger charge is -2.20. The number of rotatable bonds is 4. The van der Waals surface area contributed by atoms with E-state index in [0.29, 0.717) is 5.82 Å². The molecule has 0 saturated heterocycles. The van der Waals surface area contributed by atoms with Crippen molar-refractivity contribution >= 4 is 5.95 Å². The number of ether oxygens (including phenoxy) is 1. The van der Waals surface area contributed by atoms with Gasteiger partial charge >= 0.3 is 6.18 Å². The Labute approximate surface area is 114 Å². The van der Waals surface area contributed by atoms with E-state index in [9.17, 15) is 13.2 Å². The van der Waals surface area contributed by atoms with Gasteiger partial charge in [-0.3, -0.25) is 0 Å². The monoisotopic (exact) mass is 290 g/mol. The molecular formula is C12H17F3N4O. The second-order valence-corrected chi connectivity index (χ2v) is 4.91. The smallest absolute Gasteiger partial charge is 0.368 e. The molecule has 0 amide bonds. The fourth-order valence-electron chi connectivity index (χ4n) is 2.32. The highest BCUT2D eigenvalue weighted by molar-refractivity contribution is 5.17. The van der Waals surface area contributed by atoms with Crippen LogP contribution in [0.25, 0.3) is 0 Å². The fourth-order valence-corrected chi connectivity index (χ4v) is 2.32. The van der Waals surface area contributed by atoms with E-state index < -0.39 is 12.8 Å². The molecule has 0 bridgehead atoms. The molecule has 5 nitrogen and oxygen atoms in total. The van der Waals surface area contributed by atoms with Gasteiger partial charge in [-0.15, -0.1) is 0 Å². The van der Waals surface area contributed by atoms with E-state index in [4.69, 9.17) is 5.73 Å². The van der Waals surface area contributed by atoms with Gasteiger partial charge in [0.15, 0.2) is 5.82 Å². The summed E-state index contributed by atoms with van der Waals surface area (Å²) in [7, 11) is 0. The van der Waals surface area contributed by atoms with E-state index in [-0.39, 0.29) is 24.3 Å². The van der Waals surface area contributed by atoms with Crippen LogP contribution in [0.15, 0.2) is 0 Å². The van der Waals surface area contributed by atoms with Gasteiger partial charge in [-0.1, -0.05) is 19.3 Å². The van der Waals surface area contributed by atoms with Crippen LogP contribution in [0.4, 0.5) is 19.1 Å². The van der Waals surface area contributed by atoms with E-state index in [2.05, 4.69) is 19.7 Å². The SMILES string of the molecule is Nc1nc(COCC(F)(F)F)nc(C2CCCCC2)n1. The topological polar surface area (TPSA) is 73.9 Å². The highest BCUT2D eigenvalue weighted by Crippen LogP contribution is 2.30. The molecule has 8 heteroatoms. The molecule has 0 aromatic carbocycles. The van der Waals surface area contributed by atoms with Gasteiger partial charge in [0.2, 0.25) is 5.95 Å². The zero-order chi connectivity index (χ0) is 14.6. The largest absolute Gasteiger partial charge is 0.411 e. The van der Waals surface area contributed by atoms with Gasteiger partial charge in [0.05, 0.1) is 0 Å². The van der Waals surface area contributed by atoms with E-state index in [0.717, 1.165) is 25.7 Å². The number of nitrogen functional groups attached to an aromatic ring is 1. The first-order valence-corrected chi connectivity index (χ1v) is 6.59. The molecule has 0 unspecified atom stereocenters. The maximum absolute atomic E-state index is 12.0. The second kappa shape index (κ2) is 6.34. The highest BCUT2D eigenvalue weighted by Gasteiger charge is 2.27. The van der Waals surface area contributed by atoms with Crippen molar-refractivity contribution in [2.45, 2.75) is 50.8 Å². The van der Waals surface area contributed by atoms with E-state index in [1.54, 1.807) is 0 Å². The minimum Gasteiger partial charge on any atom is -0.368 e. The quantitative estimate of drug-likeness (QED) is 0.922. The van der Waals surface area contributed by atoms with Crippen molar-refractivity contribution < 1.29 is 17.9 Å². The Kier molecular flexibility index (Phi) is 4.74. The van der Waals surface area contributed by atoms with Crippen molar-refractivity contribution in [1.29, 1.82) is 0 Å². The molecule has 112 valence electrons. The Bertz CT molecular complexity index is 447. The number of nitrogens with two attached hydrogens (primary N) is 1. The molecule has 0 radical (unpaired) electrons. The lowest BCUT2D eigenvalue weighted by molar-refractivity contribution is -0.177. The molecule has 1 fully saturated rings. The van der Waals surface area contributed by atoms with Gasteiger partial charge in [-0.25, -0.2) is 4.98 Å². The van der Waals surface area contributed by atoms with Crippen LogP contribution in [0, 0.1) is 0 Å². The zero-order valence-corrected chi connectivity index (χ0v) is 11.0. The van der Waals surface area contributed by atoms with Crippen LogP contribution in [0.1, 0.15) is 49.7 Å². The molecule has 2 N–H and O–H groups in total. The minimum atomic E-state index is -4.36. The van der Waals surface area contributed by atoms with Crippen LogP contribution < -0.4 is 5.73 Å². The summed E-state index contributed by atoms with van der Waals surface area (Å²) >= 11 is 0. The summed E-state index contributed by atoms with van der Waals surface area (Å²) in [5.41, 5.74) is 5.58. The predicted molar refractivity (Wildman–Crippen MR) is 65.8 cm³/mol. The van der Waals surface area contributed by atoms with Crippen LogP contribution in [-0.2, 0) is 11.3 Å². The van der Waals surface area contributed by atoms with Crippen LogP contribution in [0.3, 0.4) is 0 Å². The number of nitrogens with zero attached hydrogens (tertiary/aromatic N) is 3. The number of anilines is 1. The van der Waals surface area contributed by atoms with Gasteiger partial charge in [-0.05, 0) is 12.8 Å². The summed E-state index contributed by atoms with van der Waals surface area (Å²) in [5.74, 6) is 0.978. The molecule has 1 aliphatic rings. The average Bonchev–Trinajstić information content (AvgIpc) is 2.37. The molecule has 1 aliphatic carbocycles. The fraction of sp³-hybridized carbons (Fsp3) is 0.750. The summed E-state index contributed by atoms with van der Waals surface area (Å²) in [4.78, 5) is 12.1. The molecule has 0 atom stereocenters. The molecule has 2 rings (SSSR count). The number of hydrogen-bond acceptors (Lipinski definition) is 5. The molecule has 1 saturated carbocycles. The van der Waals surface area contributed by atoms with Gasteiger partial charge < -0.3 is 10.5 Å². The zero-order valence-electron chi connectivity index (χ0n) is 11.0. The Morgan fingerprint density at radius 1 is 1.10 bits per heavy atom. The Hall–Kier alpha value is -1.44. The van der Waals surface area contributed by atoms with Crippen LogP contribution >= 0.6 is 0 Å². The maximum Gasteiger partial charge on any atom is 0.411 e. The van der Waals surface area contributed by atoms with Gasteiger partial charge in [0, 0.05) is 5.92 Å². The van der Waals surface area contributed by atoms with Crippen molar-refractivity contribution in [2.24, 2.45) is 0 Å². The van der Waals surface area contributed by atoms with Crippen LogP contribution in [0.2, 0.25) is 0 Å². The van der Waals surface area contributed by atoms with Gasteiger partial charge in [0.1, 0.15) is 19.0 Å². The van der Waals surface area contributed by atoms with Gasteiger partial charge in [0.25, 0.3) is 0 Å². The summed E-state index contributed by atoms with van der Waals surface area (Å²) in [5, 5.41) is 0. The van der Waals surface area contributed by atoms with Crippen LogP contribution in [-0.4, -0.2) is 27.7 Å². The summed E-state index contributed by atoms with van der Waals surface area (Å²) in [6.45, 7) is -1.64. The van der Waals surface area contributed by atoms with Crippen molar-refractivity contribution in [3.8, 4) is 0 Å². The molecular weight excluding hydrogens is 273 g/mol.